The fourth-order valence-corrected chi connectivity index (χ4v) is 0.816. The molecule has 0 bridgehead atoms. The summed E-state index contributed by atoms with van der Waals surface area (Å²) in [6.45, 7) is 0. The average Bonchev–Trinajstić information content (AvgIpc) is 2.04. The summed E-state index contributed by atoms with van der Waals surface area (Å²) in [6, 6.07) is 5.88. The normalized spacial score (nSPS) is 10.1. The topological polar surface area (TPSA) is 49.8 Å². The molecule has 4 heteroatoms. The van der Waals surface area contributed by atoms with Crippen molar-refractivity contribution in [3.05, 3.63) is 29.8 Å². The number of phenols is 1. The van der Waals surface area contributed by atoms with Crippen molar-refractivity contribution >= 4 is 5.97 Å². The molecule has 0 atom stereocenters. The quantitative estimate of drug-likeness (QED) is 0.692. The lowest BCUT2D eigenvalue weighted by atomic mass is 10.2. The lowest BCUT2D eigenvalue weighted by Crippen LogP contribution is -2.18. The van der Waals surface area contributed by atoms with Crippen LogP contribution < -0.4 is 0 Å². The van der Waals surface area contributed by atoms with E-state index in [-0.39, 0.29) is 5.75 Å². The molecule has 0 saturated heterocycles. The smallest absolute Gasteiger partial charge is 0.356 e. The zero-order chi connectivity index (χ0) is 9.84. The zero-order valence-electron chi connectivity index (χ0n) is 7.52. The molecule has 4 nitrogen and oxygen atoms in total. The van der Waals surface area contributed by atoms with Gasteiger partial charge in [-0.25, -0.2) is 4.79 Å². The van der Waals surface area contributed by atoms with Crippen LogP contribution in [-0.4, -0.2) is 30.2 Å². The van der Waals surface area contributed by atoms with E-state index in [1.54, 1.807) is 14.1 Å². The molecule has 0 aromatic heterocycles. The van der Waals surface area contributed by atoms with Gasteiger partial charge < -0.3 is 9.94 Å². The molecule has 0 aliphatic heterocycles. The van der Waals surface area contributed by atoms with Gasteiger partial charge in [0.15, 0.2) is 0 Å². The molecule has 1 aromatic rings. The Bertz CT molecular complexity index is 292. The third kappa shape index (κ3) is 2.76. The van der Waals surface area contributed by atoms with Crippen molar-refractivity contribution in [1.29, 1.82) is 0 Å². The van der Waals surface area contributed by atoms with E-state index >= 15 is 0 Å². The molecule has 0 unspecified atom stereocenters. The first-order valence-electron chi connectivity index (χ1n) is 3.78. The summed E-state index contributed by atoms with van der Waals surface area (Å²) in [6.07, 6.45) is 0. The van der Waals surface area contributed by atoms with Crippen LogP contribution in [0.15, 0.2) is 24.3 Å². The Hall–Kier alpha value is -1.55. The van der Waals surface area contributed by atoms with Crippen molar-refractivity contribution in [3.63, 3.8) is 0 Å². The van der Waals surface area contributed by atoms with Crippen LogP contribution in [0.5, 0.6) is 5.75 Å². The monoisotopic (exact) mass is 181 g/mol. The molecule has 1 N–H and O–H groups in total. The molecule has 0 spiro atoms. The van der Waals surface area contributed by atoms with Gasteiger partial charge in [-0.2, -0.15) is 0 Å². The number of nitrogens with zero attached hydrogens (tertiary/aromatic N) is 1. The maximum atomic E-state index is 11.2. The number of carbonyl (C=O) groups excluding carboxylic acids is 1. The summed E-state index contributed by atoms with van der Waals surface area (Å²) in [5.41, 5.74) is 0.409. The van der Waals surface area contributed by atoms with E-state index in [0.29, 0.717) is 5.56 Å². The summed E-state index contributed by atoms with van der Waals surface area (Å²) in [7, 11) is 3.25. The van der Waals surface area contributed by atoms with Crippen molar-refractivity contribution in [1.82, 2.24) is 5.06 Å². The molecule has 0 fully saturated rings. The first-order chi connectivity index (χ1) is 6.09. The Morgan fingerprint density at radius 1 is 1.31 bits per heavy atom. The molecule has 0 saturated carbocycles. The van der Waals surface area contributed by atoms with Gasteiger partial charge in [-0.05, 0) is 24.3 Å². The Labute approximate surface area is 76.3 Å². The van der Waals surface area contributed by atoms with Gasteiger partial charge in [0.2, 0.25) is 0 Å². The number of benzene rings is 1. The Morgan fingerprint density at radius 2 is 1.85 bits per heavy atom. The number of aromatic hydroxyl groups is 1. The fraction of sp³-hybridized carbons (Fsp3) is 0.222. The molecule has 0 heterocycles. The first-order valence-corrected chi connectivity index (χ1v) is 3.78. The second-order valence-corrected chi connectivity index (χ2v) is 2.74. The number of rotatable bonds is 2. The second-order valence-electron chi connectivity index (χ2n) is 2.74. The van der Waals surface area contributed by atoms with E-state index < -0.39 is 5.97 Å². The third-order valence-corrected chi connectivity index (χ3v) is 1.37. The Kier molecular flexibility index (Phi) is 2.87. The minimum atomic E-state index is -0.440. The van der Waals surface area contributed by atoms with Crippen LogP contribution in [0, 0.1) is 0 Å². The van der Waals surface area contributed by atoms with Gasteiger partial charge in [-0.1, -0.05) is 0 Å². The van der Waals surface area contributed by atoms with E-state index in [2.05, 4.69) is 0 Å². The molecular formula is C9H11NO3. The van der Waals surface area contributed by atoms with Crippen molar-refractivity contribution in [2.45, 2.75) is 0 Å². The summed E-state index contributed by atoms with van der Waals surface area (Å²) in [4.78, 5) is 16.0. The van der Waals surface area contributed by atoms with E-state index in [1.807, 2.05) is 0 Å². The van der Waals surface area contributed by atoms with Crippen molar-refractivity contribution < 1.29 is 14.7 Å². The van der Waals surface area contributed by atoms with Crippen molar-refractivity contribution in [3.8, 4) is 5.75 Å². The predicted molar refractivity (Wildman–Crippen MR) is 47.2 cm³/mol. The SMILES string of the molecule is CN(C)OC(=O)c1ccc(O)cc1. The molecule has 13 heavy (non-hydrogen) atoms. The lowest BCUT2D eigenvalue weighted by Gasteiger charge is -2.09. The molecule has 70 valence electrons. The van der Waals surface area contributed by atoms with E-state index in [0.717, 1.165) is 0 Å². The summed E-state index contributed by atoms with van der Waals surface area (Å²) in [5, 5.41) is 10.3. The zero-order valence-corrected chi connectivity index (χ0v) is 7.52. The molecular weight excluding hydrogens is 170 g/mol. The standard InChI is InChI=1S/C9H11NO3/c1-10(2)13-9(12)7-3-5-8(11)6-4-7/h3-6,11H,1-2H3. The van der Waals surface area contributed by atoms with Crippen molar-refractivity contribution in [2.75, 3.05) is 14.1 Å². The molecule has 1 rings (SSSR count). The first kappa shape index (κ1) is 9.54. The summed E-state index contributed by atoms with van der Waals surface area (Å²) < 4.78 is 0. The van der Waals surface area contributed by atoms with E-state index in [9.17, 15) is 4.79 Å². The van der Waals surface area contributed by atoms with Gasteiger partial charge in [0, 0.05) is 14.1 Å². The summed E-state index contributed by atoms with van der Waals surface area (Å²) >= 11 is 0. The van der Waals surface area contributed by atoms with E-state index in [4.69, 9.17) is 9.94 Å². The van der Waals surface area contributed by atoms with E-state index in [1.165, 1.54) is 29.3 Å². The highest BCUT2D eigenvalue weighted by Gasteiger charge is 2.07. The van der Waals surface area contributed by atoms with Crippen LogP contribution in [0.3, 0.4) is 0 Å². The van der Waals surface area contributed by atoms with Gasteiger partial charge in [0.1, 0.15) is 5.75 Å². The maximum absolute atomic E-state index is 11.2. The van der Waals surface area contributed by atoms with Gasteiger partial charge in [0.25, 0.3) is 0 Å². The number of carbonyl (C=O) groups is 1. The lowest BCUT2D eigenvalue weighted by molar-refractivity contribution is -0.0713. The highest BCUT2D eigenvalue weighted by molar-refractivity contribution is 5.89. The minimum absolute atomic E-state index is 0.126. The number of hydrogen-bond acceptors (Lipinski definition) is 4. The third-order valence-electron chi connectivity index (χ3n) is 1.37. The average molecular weight is 181 g/mol. The second kappa shape index (κ2) is 3.91. The Morgan fingerprint density at radius 3 is 2.31 bits per heavy atom. The number of hydrogen-bond donors (Lipinski definition) is 1. The van der Waals surface area contributed by atoms with Crippen LogP contribution in [0.1, 0.15) is 10.4 Å². The van der Waals surface area contributed by atoms with Crippen LogP contribution in [0.25, 0.3) is 0 Å². The Balaban J connectivity index is 2.72. The van der Waals surface area contributed by atoms with Gasteiger partial charge in [-0.15, -0.1) is 5.06 Å². The molecule has 1 aromatic carbocycles. The minimum Gasteiger partial charge on any atom is -0.508 e. The van der Waals surface area contributed by atoms with Crippen LogP contribution in [-0.2, 0) is 4.84 Å². The molecule has 0 aliphatic rings. The van der Waals surface area contributed by atoms with Gasteiger partial charge >= 0.3 is 5.97 Å². The molecule has 0 amide bonds. The highest BCUT2D eigenvalue weighted by atomic mass is 16.7. The molecule has 0 radical (unpaired) electrons. The summed E-state index contributed by atoms with van der Waals surface area (Å²) in [5.74, 6) is -0.314. The van der Waals surface area contributed by atoms with Gasteiger partial charge in [0.05, 0.1) is 5.56 Å². The van der Waals surface area contributed by atoms with Crippen LogP contribution >= 0.6 is 0 Å². The van der Waals surface area contributed by atoms with Crippen LogP contribution in [0.4, 0.5) is 0 Å². The fourth-order valence-electron chi connectivity index (χ4n) is 0.816. The molecule has 0 aliphatic carbocycles. The number of hydroxylamine groups is 2. The largest absolute Gasteiger partial charge is 0.508 e. The van der Waals surface area contributed by atoms with Crippen molar-refractivity contribution in [2.24, 2.45) is 0 Å². The van der Waals surface area contributed by atoms with Crippen LogP contribution in [0.2, 0.25) is 0 Å². The number of phenolic OH excluding ortho intramolecular Hbond substituents is 1. The highest BCUT2D eigenvalue weighted by Crippen LogP contribution is 2.10. The predicted octanol–water partition coefficient (Wildman–Crippen LogP) is 1.03. The van der Waals surface area contributed by atoms with Gasteiger partial charge in [-0.3, -0.25) is 0 Å². The maximum Gasteiger partial charge on any atom is 0.356 e.